The van der Waals surface area contributed by atoms with E-state index in [0.29, 0.717) is 6.04 Å². The molecule has 1 aromatic rings. The molecule has 0 bridgehead atoms. The van der Waals surface area contributed by atoms with E-state index >= 15 is 0 Å². The number of hydrogen-bond donors (Lipinski definition) is 1. The Balaban J connectivity index is 1.70. The highest BCUT2D eigenvalue weighted by Gasteiger charge is 2.22. The summed E-state index contributed by atoms with van der Waals surface area (Å²) >= 11 is 0. The molecule has 21 heavy (non-hydrogen) atoms. The lowest BCUT2D eigenvalue weighted by Gasteiger charge is -2.34. The van der Waals surface area contributed by atoms with E-state index in [1.807, 2.05) is 6.07 Å². The molecule has 0 saturated carbocycles. The first-order valence-electron chi connectivity index (χ1n) is 8.31. The van der Waals surface area contributed by atoms with E-state index in [-0.39, 0.29) is 0 Å². The molecule has 0 amide bonds. The molecule has 1 unspecified atom stereocenters. The van der Waals surface area contributed by atoms with Gasteiger partial charge >= 0.3 is 0 Å². The number of piperidine rings is 1. The average molecular weight is 290 g/mol. The second-order valence-electron chi connectivity index (χ2n) is 6.12. The Morgan fingerprint density at radius 3 is 2.76 bits per heavy atom. The summed E-state index contributed by atoms with van der Waals surface area (Å²) in [6, 6.07) is 8.99. The summed E-state index contributed by atoms with van der Waals surface area (Å²) in [6.07, 6.45) is 3.73. The molecular weight excluding hydrogens is 260 g/mol. The molecule has 3 heteroatoms. The first-order chi connectivity index (χ1) is 10.2. The van der Waals surface area contributed by atoms with Crippen molar-refractivity contribution in [1.29, 1.82) is 0 Å². The smallest absolute Gasteiger partial charge is 0.119 e. The minimum Gasteiger partial charge on any atom is -0.497 e. The number of nitrogens with zero attached hydrogens (tertiary/aromatic N) is 1. The van der Waals surface area contributed by atoms with Gasteiger partial charge in [-0.3, -0.25) is 0 Å². The van der Waals surface area contributed by atoms with Gasteiger partial charge in [-0.05, 0) is 76.0 Å². The summed E-state index contributed by atoms with van der Waals surface area (Å²) in [6.45, 7) is 9.38. The molecule has 0 aliphatic carbocycles. The predicted octanol–water partition coefficient (Wildman–Crippen LogP) is 2.95. The van der Waals surface area contributed by atoms with E-state index in [0.717, 1.165) is 24.6 Å². The molecule has 1 aliphatic heterocycles. The topological polar surface area (TPSA) is 24.5 Å². The van der Waals surface area contributed by atoms with Gasteiger partial charge in [0, 0.05) is 6.04 Å². The SMILES string of the molecule is CCN1CCC(C(C)NCCc2cccc(OC)c2)CC1. The van der Waals surface area contributed by atoms with Gasteiger partial charge in [0.15, 0.2) is 0 Å². The van der Waals surface area contributed by atoms with Crippen LogP contribution in [0.4, 0.5) is 0 Å². The van der Waals surface area contributed by atoms with Crippen molar-refractivity contribution in [2.24, 2.45) is 5.92 Å². The van der Waals surface area contributed by atoms with Crippen molar-refractivity contribution in [2.45, 2.75) is 39.2 Å². The zero-order valence-electron chi connectivity index (χ0n) is 13.8. The number of likely N-dealkylation sites (tertiary alicyclic amines) is 1. The second kappa shape index (κ2) is 8.40. The maximum absolute atomic E-state index is 5.27. The summed E-state index contributed by atoms with van der Waals surface area (Å²) in [5, 5.41) is 3.71. The van der Waals surface area contributed by atoms with Crippen LogP contribution in [0.15, 0.2) is 24.3 Å². The van der Waals surface area contributed by atoms with E-state index in [9.17, 15) is 0 Å². The van der Waals surface area contributed by atoms with Crippen molar-refractivity contribution in [3.63, 3.8) is 0 Å². The molecule has 1 atom stereocenters. The van der Waals surface area contributed by atoms with Crippen molar-refractivity contribution in [1.82, 2.24) is 10.2 Å². The summed E-state index contributed by atoms with van der Waals surface area (Å²) in [5.74, 6) is 1.78. The van der Waals surface area contributed by atoms with Crippen LogP contribution in [0.3, 0.4) is 0 Å². The van der Waals surface area contributed by atoms with Crippen LogP contribution in [0.1, 0.15) is 32.3 Å². The van der Waals surface area contributed by atoms with Crippen molar-refractivity contribution in [2.75, 3.05) is 33.3 Å². The lowest BCUT2D eigenvalue weighted by Crippen LogP contribution is -2.42. The van der Waals surface area contributed by atoms with E-state index in [1.165, 1.54) is 38.0 Å². The van der Waals surface area contributed by atoms with E-state index in [2.05, 4.69) is 42.3 Å². The Hall–Kier alpha value is -1.06. The summed E-state index contributed by atoms with van der Waals surface area (Å²) in [4.78, 5) is 2.56. The van der Waals surface area contributed by atoms with E-state index < -0.39 is 0 Å². The monoisotopic (exact) mass is 290 g/mol. The molecule has 0 aromatic heterocycles. The normalized spacial score (nSPS) is 18.6. The number of benzene rings is 1. The van der Waals surface area contributed by atoms with Crippen LogP contribution in [0.2, 0.25) is 0 Å². The Morgan fingerprint density at radius 2 is 2.10 bits per heavy atom. The van der Waals surface area contributed by atoms with Crippen molar-refractivity contribution < 1.29 is 4.74 Å². The molecule has 1 aliphatic rings. The third-order valence-electron chi connectivity index (χ3n) is 4.80. The van der Waals surface area contributed by atoms with Gasteiger partial charge in [0.2, 0.25) is 0 Å². The predicted molar refractivity (Wildman–Crippen MR) is 89.0 cm³/mol. The van der Waals surface area contributed by atoms with Gasteiger partial charge in [0.1, 0.15) is 5.75 Å². The Labute approximate surface area is 129 Å². The Morgan fingerprint density at radius 1 is 1.33 bits per heavy atom. The molecule has 0 spiro atoms. The summed E-state index contributed by atoms with van der Waals surface area (Å²) < 4.78 is 5.27. The van der Waals surface area contributed by atoms with Crippen LogP contribution >= 0.6 is 0 Å². The number of rotatable bonds is 7. The highest BCUT2D eigenvalue weighted by molar-refractivity contribution is 5.28. The standard InChI is InChI=1S/C18H30N2O/c1-4-20-12-9-17(10-13-20)15(2)19-11-8-16-6-5-7-18(14-16)21-3/h5-7,14-15,17,19H,4,8-13H2,1-3H3. The summed E-state index contributed by atoms with van der Waals surface area (Å²) in [7, 11) is 1.72. The third-order valence-corrected chi connectivity index (χ3v) is 4.80. The maximum atomic E-state index is 5.27. The van der Waals surface area contributed by atoms with Crippen LogP contribution in [-0.2, 0) is 6.42 Å². The fourth-order valence-corrected chi connectivity index (χ4v) is 3.21. The number of nitrogens with one attached hydrogen (secondary N) is 1. The molecular formula is C18H30N2O. The van der Waals surface area contributed by atoms with Crippen LogP contribution < -0.4 is 10.1 Å². The number of hydrogen-bond acceptors (Lipinski definition) is 3. The Kier molecular flexibility index (Phi) is 6.52. The molecule has 0 radical (unpaired) electrons. The van der Waals surface area contributed by atoms with Gasteiger partial charge < -0.3 is 15.0 Å². The van der Waals surface area contributed by atoms with E-state index in [1.54, 1.807) is 7.11 Å². The lowest BCUT2D eigenvalue weighted by atomic mass is 9.90. The quantitative estimate of drug-likeness (QED) is 0.835. The van der Waals surface area contributed by atoms with Gasteiger partial charge in [0.25, 0.3) is 0 Å². The highest BCUT2D eigenvalue weighted by Crippen LogP contribution is 2.20. The number of ether oxygens (including phenoxy) is 1. The summed E-state index contributed by atoms with van der Waals surface area (Å²) in [5.41, 5.74) is 1.34. The first kappa shape index (κ1) is 16.3. The average Bonchev–Trinajstić information content (AvgIpc) is 2.55. The zero-order valence-corrected chi connectivity index (χ0v) is 13.8. The molecule has 1 aromatic carbocycles. The van der Waals surface area contributed by atoms with E-state index in [4.69, 9.17) is 4.74 Å². The highest BCUT2D eigenvalue weighted by atomic mass is 16.5. The fraction of sp³-hybridized carbons (Fsp3) is 0.667. The van der Waals surface area contributed by atoms with Gasteiger partial charge in [-0.15, -0.1) is 0 Å². The minimum absolute atomic E-state index is 0.620. The lowest BCUT2D eigenvalue weighted by molar-refractivity contribution is 0.169. The zero-order chi connectivity index (χ0) is 15.1. The molecule has 1 heterocycles. The third kappa shape index (κ3) is 5.01. The van der Waals surface area contributed by atoms with Crippen LogP contribution in [0.25, 0.3) is 0 Å². The fourth-order valence-electron chi connectivity index (χ4n) is 3.21. The molecule has 118 valence electrons. The Bertz CT molecular complexity index is 413. The van der Waals surface area contributed by atoms with Crippen molar-refractivity contribution in [3.8, 4) is 5.75 Å². The number of methoxy groups -OCH3 is 1. The van der Waals surface area contributed by atoms with Gasteiger partial charge in [0.05, 0.1) is 7.11 Å². The maximum Gasteiger partial charge on any atom is 0.119 e. The molecule has 2 rings (SSSR count). The molecule has 3 nitrogen and oxygen atoms in total. The largest absolute Gasteiger partial charge is 0.497 e. The minimum atomic E-state index is 0.620. The van der Waals surface area contributed by atoms with Crippen molar-refractivity contribution in [3.05, 3.63) is 29.8 Å². The van der Waals surface area contributed by atoms with Gasteiger partial charge in [-0.25, -0.2) is 0 Å². The van der Waals surface area contributed by atoms with Crippen LogP contribution in [-0.4, -0.2) is 44.2 Å². The van der Waals surface area contributed by atoms with Crippen LogP contribution in [0.5, 0.6) is 5.75 Å². The second-order valence-corrected chi connectivity index (χ2v) is 6.12. The van der Waals surface area contributed by atoms with Gasteiger partial charge in [-0.2, -0.15) is 0 Å². The van der Waals surface area contributed by atoms with Crippen molar-refractivity contribution >= 4 is 0 Å². The van der Waals surface area contributed by atoms with Crippen LogP contribution in [0, 0.1) is 5.92 Å². The molecule has 1 saturated heterocycles. The molecule has 1 fully saturated rings. The molecule has 1 N–H and O–H groups in total. The van der Waals surface area contributed by atoms with Gasteiger partial charge in [-0.1, -0.05) is 19.1 Å². The first-order valence-corrected chi connectivity index (χ1v) is 8.31.